The summed E-state index contributed by atoms with van der Waals surface area (Å²) in [7, 11) is 3.69. The Bertz CT molecular complexity index is 877. The number of benzene rings is 2. The van der Waals surface area contributed by atoms with Gasteiger partial charge in [-0.2, -0.15) is 0 Å². The molecule has 0 saturated carbocycles. The van der Waals surface area contributed by atoms with Gasteiger partial charge in [-0.25, -0.2) is 0 Å². The van der Waals surface area contributed by atoms with Crippen molar-refractivity contribution in [2.45, 2.75) is 6.54 Å². The van der Waals surface area contributed by atoms with E-state index in [0.717, 1.165) is 33.2 Å². The van der Waals surface area contributed by atoms with Crippen LogP contribution in [0, 0.1) is 0 Å². The van der Waals surface area contributed by atoms with E-state index >= 15 is 0 Å². The molecular formula is C19H18BrN3O. The zero-order valence-corrected chi connectivity index (χ0v) is 15.2. The van der Waals surface area contributed by atoms with Gasteiger partial charge in [0, 0.05) is 47.9 Å². The summed E-state index contributed by atoms with van der Waals surface area (Å²) in [6.45, 7) is 0.753. The number of nitrogens with zero attached hydrogens (tertiary/aromatic N) is 2. The lowest BCUT2D eigenvalue weighted by Crippen LogP contribution is -2.19. The molecule has 0 aliphatic rings. The maximum atomic E-state index is 11.6. The Morgan fingerprint density at radius 3 is 2.62 bits per heavy atom. The fourth-order valence-corrected chi connectivity index (χ4v) is 3.05. The highest BCUT2D eigenvalue weighted by Crippen LogP contribution is 2.27. The second-order valence-corrected chi connectivity index (χ2v) is 6.54. The zero-order valence-electron chi connectivity index (χ0n) is 13.6. The van der Waals surface area contributed by atoms with Crippen molar-refractivity contribution in [1.82, 2.24) is 10.3 Å². The summed E-state index contributed by atoms with van der Waals surface area (Å²) in [6.07, 6.45) is 1.83. The van der Waals surface area contributed by atoms with Crippen LogP contribution in [0.3, 0.4) is 0 Å². The molecule has 0 spiro atoms. The molecule has 4 nitrogen and oxygen atoms in total. The van der Waals surface area contributed by atoms with E-state index in [1.165, 1.54) is 0 Å². The molecule has 1 aromatic heterocycles. The molecule has 0 fully saturated rings. The number of carbonyl (C=O) groups is 1. The van der Waals surface area contributed by atoms with Crippen LogP contribution in [-0.2, 0) is 6.54 Å². The van der Waals surface area contributed by atoms with E-state index in [2.05, 4.69) is 44.2 Å². The number of aromatic nitrogens is 1. The van der Waals surface area contributed by atoms with Crippen LogP contribution in [0.2, 0.25) is 0 Å². The van der Waals surface area contributed by atoms with Crippen molar-refractivity contribution in [3.63, 3.8) is 0 Å². The molecule has 1 heterocycles. The second kappa shape index (κ2) is 7.01. The molecule has 3 rings (SSSR count). The first-order chi connectivity index (χ1) is 11.6. The molecule has 2 aromatic carbocycles. The van der Waals surface area contributed by atoms with Crippen LogP contribution in [0.5, 0.6) is 0 Å². The highest BCUT2D eigenvalue weighted by molar-refractivity contribution is 9.10. The topological polar surface area (TPSA) is 45.2 Å². The van der Waals surface area contributed by atoms with Crippen LogP contribution in [-0.4, -0.2) is 25.0 Å². The fourth-order valence-electron chi connectivity index (χ4n) is 2.70. The summed E-state index contributed by atoms with van der Waals surface area (Å²) in [5.41, 5.74) is 3.90. The van der Waals surface area contributed by atoms with Crippen molar-refractivity contribution in [1.29, 1.82) is 0 Å². The third kappa shape index (κ3) is 3.41. The maximum Gasteiger partial charge on any atom is 0.251 e. The van der Waals surface area contributed by atoms with Gasteiger partial charge in [0.2, 0.25) is 0 Å². The third-order valence-corrected chi connectivity index (χ3v) is 4.45. The number of hydrogen-bond acceptors (Lipinski definition) is 3. The Morgan fingerprint density at radius 1 is 1.17 bits per heavy atom. The largest absolute Gasteiger partial charge is 0.370 e. The maximum absolute atomic E-state index is 11.6. The number of pyridine rings is 1. The van der Waals surface area contributed by atoms with Crippen molar-refractivity contribution in [2.75, 3.05) is 19.0 Å². The molecule has 0 atom stereocenters. The van der Waals surface area contributed by atoms with Crippen LogP contribution in [0.25, 0.3) is 10.9 Å². The van der Waals surface area contributed by atoms with Gasteiger partial charge in [-0.15, -0.1) is 0 Å². The molecule has 0 aliphatic heterocycles. The number of amides is 1. The lowest BCUT2D eigenvalue weighted by atomic mass is 10.1. The highest BCUT2D eigenvalue weighted by Gasteiger charge is 2.09. The summed E-state index contributed by atoms with van der Waals surface area (Å²) in [5.74, 6) is -0.0689. The van der Waals surface area contributed by atoms with Crippen molar-refractivity contribution in [3.05, 3.63) is 70.3 Å². The van der Waals surface area contributed by atoms with Crippen LogP contribution in [0.15, 0.2) is 59.2 Å². The van der Waals surface area contributed by atoms with Gasteiger partial charge in [-0.1, -0.05) is 28.1 Å². The van der Waals surface area contributed by atoms with Gasteiger partial charge in [-0.05, 0) is 42.0 Å². The van der Waals surface area contributed by atoms with Gasteiger partial charge in [0.25, 0.3) is 5.91 Å². The summed E-state index contributed by atoms with van der Waals surface area (Å²) < 4.78 is 1.02. The van der Waals surface area contributed by atoms with Crippen molar-refractivity contribution < 1.29 is 4.79 Å². The van der Waals surface area contributed by atoms with Gasteiger partial charge >= 0.3 is 0 Å². The molecule has 122 valence electrons. The minimum atomic E-state index is -0.0689. The summed E-state index contributed by atoms with van der Waals surface area (Å²) in [6, 6.07) is 15.8. The lowest BCUT2D eigenvalue weighted by molar-refractivity contribution is 0.0963. The minimum absolute atomic E-state index is 0.0689. The van der Waals surface area contributed by atoms with Crippen LogP contribution in [0.4, 0.5) is 5.69 Å². The van der Waals surface area contributed by atoms with Crippen LogP contribution in [0.1, 0.15) is 15.9 Å². The average Bonchev–Trinajstić information content (AvgIpc) is 2.60. The molecule has 0 bridgehead atoms. The fraction of sp³-hybridized carbons (Fsp3) is 0.158. The van der Waals surface area contributed by atoms with Gasteiger partial charge in [0.1, 0.15) is 0 Å². The predicted molar refractivity (Wildman–Crippen MR) is 101 cm³/mol. The molecule has 24 heavy (non-hydrogen) atoms. The van der Waals surface area contributed by atoms with E-state index in [4.69, 9.17) is 0 Å². The van der Waals surface area contributed by atoms with Crippen molar-refractivity contribution in [2.24, 2.45) is 0 Å². The number of hydrogen-bond donors (Lipinski definition) is 1. The summed E-state index contributed by atoms with van der Waals surface area (Å²) >= 11 is 3.49. The molecule has 0 aliphatic carbocycles. The average molecular weight is 384 g/mol. The monoisotopic (exact) mass is 383 g/mol. The first-order valence-electron chi connectivity index (χ1n) is 7.65. The molecule has 0 saturated heterocycles. The quantitative estimate of drug-likeness (QED) is 0.740. The van der Waals surface area contributed by atoms with E-state index in [-0.39, 0.29) is 5.91 Å². The van der Waals surface area contributed by atoms with Gasteiger partial charge in [-0.3, -0.25) is 9.78 Å². The molecule has 1 N–H and O–H groups in total. The number of anilines is 1. The number of fused-ring (bicyclic) bond motifs is 1. The van der Waals surface area contributed by atoms with E-state index in [1.54, 1.807) is 7.05 Å². The smallest absolute Gasteiger partial charge is 0.251 e. The van der Waals surface area contributed by atoms with Gasteiger partial charge in [0.15, 0.2) is 0 Å². The van der Waals surface area contributed by atoms with Gasteiger partial charge < -0.3 is 10.2 Å². The molecule has 0 radical (unpaired) electrons. The molecule has 3 aromatic rings. The van der Waals surface area contributed by atoms with E-state index in [9.17, 15) is 4.79 Å². The Morgan fingerprint density at radius 2 is 1.92 bits per heavy atom. The second-order valence-electron chi connectivity index (χ2n) is 5.62. The minimum Gasteiger partial charge on any atom is -0.370 e. The third-order valence-electron chi connectivity index (χ3n) is 3.96. The SMILES string of the molecule is CNC(=O)c1ccc(CN(C)c2ccnc3cc(Br)ccc23)cc1. The highest BCUT2D eigenvalue weighted by atomic mass is 79.9. The standard InChI is InChI=1S/C19H18BrN3O/c1-21-19(24)14-5-3-13(4-6-14)12-23(2)18-9-10-22-17-11-15(20)7-8-16(17)18/h3-11H,12H2,1-2H3,(H,21,24). The molecule has 5 heteroatoms. The number of rotatable bonds is 4. The van der Waals surface area contributed by atoms with Crippen LogP contribution >= 0.6 is 15.9 Å². The summed E-state index contributed by atoms with van der Waals surface area (Å²) in [5, 5.41) is 3.75. The Kier molecular flexibility index (Phi) is 4.81. The van der Waals surface area contributed by atoms with E-state index in [1.807, 2.05) is 48.7 Å². The number of nitrogens with one attached hydrogen (secondary N) is 1. The van der Waals surface area contributed by atoms with Crippen LogP contribution < -0.4 is 10.2 Å². The Balaban J connectivity index is 1.85. The number of halogens is 1. The first-order valence-corrected chi connectivity index (χ1v) is 8.44. The zero-order chi connectivity index (χ0) is 17.1. The molecule has 1 amide bonds. The van der Waals surface area contributed by atoms with Crippen molar-refractivity contribution in [3.8, 4) is 0 Å². The van der Waals surface area contributed by atoms with E-state index in [0.29, 0.717) is 5.56 Å². The predicted octanol–water partition coefficient (Wildman–Crippen LogP) is 3.99. The molecule has 0 unspecified atom stereocenters. The Hall–Kier alpha value is -2.40. The normalized spacial score (nSPS) is 10.6. The summed E-state index contributed by atoms with van der Waals surface area (Å²) in [4.78, 5) is 18.2. The number of carbonyl (C=O) groups excluding carboxylic acids is 1. The first kappa shape index (κ1) is 16.5. The van der Waals surface area contributed by atoms with Gasteiger partial charge in [0.05, 0.1) is 5.52 Å². The lowest BCUT2D eigenvalue weighted by Gasteiger charge is -2.21. The molecular weight excluding hydrogens is 366 g/mol. The Labute approximate surface area is 149 Å². The van der Waals surface area contributed by atoms with E-state index < -0.39 is 0 Å². The van der Waals surface area contributed by atoms with Crippen molar-refractivity contribution >= 4 is 38.4 Å².